The van der Waals surface area contributed by atoms with Gasteiger partial charge in [-0.2, -0.15) is 0 Å². The van der Waals surface area contributed by atoms with Crippen LogP contribution in [-0.4, -0.2) is 21.4 Å². The maximum Gasteiger partial charge on any atom is 0.162 e. The molecule has 1 atom stereocenters. The predicted octanol–water partition coefficient (Wildman–Crippen LogP) is 4.47. The molecule has 86 valence electrons. The van der Waals surface area contributed by atoms with Crippen LogP contribution in [0.5, 0.6) is 0 Å². The highest BCUT2D eigenvalue weighted by Gasteiger charge is 2.40. The minimum atomic E-state index is -0.897. The Hall–Kier alpha value is 0.240. The Balaban J connectivity index is 2.35. The van der Waals surface area contributed by atoms with Gasteiger partial charge in [0.2, 0.25) is 0 Å². The summed E-state index contributed by atoms with van der Waals surface area (Å²) in [6.07, 6.45) is 0.638. The Morgan fingerprint density at radius 3 is 2.44 bits per heavy atom. The standard InChI is InChI=1S/C11H9BrCl3N/c12-6-9-5-11(14,15)10(16-9)7-1-3-8(13)4-2-7/h1-4,9H,5-6H2. The van der Waals surface area contributed by atoms with E-state index in [4.69, 9.17) is 34.8 Å². The third-order valence-electron chi connectivity index (χ3n) is 2.45. The van der Waals surface area contributed by atoms with Crippen molar-refractivity contribution < 1.29 is 0 Å². The van der Waals surface area contributed by atoms with Crippen molar-refractivity contribution in [2.45, 2.75) is 16.8 Å². The minimum Gasteiger partial charge on any atom is -0.282 e. The molecule has 1 aliphatic rings. The van der Waals surface area contributed by atoms with Gasteiger partial charge in [-0.3, -0.25) is 4.99 Å². The lowest BCUT2D eigenvalue weighted by molar-refractivity contribution is 0.735. The molecule has 1 heterocycles. The molecule has 0 aliphatic carbocycles. The second-order valence-electron chi connectivity index (χ2n) is 3.70. The summed E-state index contributed by atoms with van der Waals surface area (Å²) in [5.74, 6) is 0. The van der Waals surface area contributed by atoms with E-state index >= 15 is 0 Å². The molecule has 2 rings (SSSR count). The molecule has 1 aromatic rings. The molecule has 1 aromatic carbocycles. The van der Waals surface area contributed by atoms with Gasteiger partial charge in [0.05, 0.1) is 11.8 Å². The van der Waals surface area contributed by atoms with Crippen molar-refractivity contribution in [1.82, 2.24) is 0 Å². The lowest BCUT2D eigenvalue weighted by atomic mass is 10.1. The number of aliphatic imine (C=N–C) groups is 1. The van der Waals surface area contributed by atoms with Crippen molar-refractivity contribution in [2.75, 3.05) is 5.33 Å². The molecule has 1 aliphatic heterocycles. The average molecular weight is 341 g/mol. The first-order valence-electron chi connectivity index (χ1n) is 4.81. The Bertz CT molecular complexity index is 414. The average Bonchev–Trinajstić information content (AvgIpc) is 2.55. The van der Waals surface area contributed by atoms with Crippen LogP contribution in [0.3, 0.4) is 0 Å². The summed E-state index contributed by atoms with van der Waals surface area (Å²) in [4.78, 5) is 4.52. The van der Waals surface area contributed by atoms with Crippen LogP contribution in [-0.2, 0) is 0 Å². The fraction of sp³-hybridized carbons (Fsp3) is 0.364. The first-order chi connectivity index (χ1) is 7.53. The summed E-state index contributed by atoms with van der Waals surface area (Å²) in [6.45, 7) is 0. The van der Waals surface area contributed by atoms with Gasteiger partial charge in [0.1, 0.15) is 0 Å². The summed E-state index contributed by atoms with van der Waals surface area (Å²) in [5, 5.41) is 1.46. The van der Waals surface area contributed by atoms with Crippen molar-refractivity contribution in [2.24, 2.45) is 4.99 Å². The van der Waals surface area contributed by atoms with Crippen LogP contribution in [0.1, 0.15) is 12.0 Å². The zero-order valence-corrected chi connectivity index (χ0v) is 12.1. The van der Waals surface area contributed by atoms with Crippen molar-refractivity contribution in [1.29, 1.82) is 0 Å². The third-order valence-corrected chi connectivity index (χ3v) is 4.11. The molecular weight excluding hydrogens is 332 g/mol. The highest BCUT2D eigenvalue weighted by atomic mass is 79.9. The number of hydrogen-bond acceptors (Lipinski definition) is 1. The van der Waals surface area contributed by atoms with Crippen molar-refractivity contribution in [3.63, 3.8) is 0 Å². The van der Waals surface area contributed by atoms with Gasteiger partial charge in [0.25, 0.3) is 0 Å². The first-order valence-corrected chi connectivity index (χ1v) is 7.06. The summed E-state index contributed by atoms with van der Waals surface area (Å²) < 4.78 is -0.897. The molecule has 0 radical (unpaired) electrons. The monoisotopic (exact) mass is 339 g/mol. The number of hydrogen-bond donors (Lipinski definition) is 0. The van der Waals surface area contributed by atoms with Crippen molar-refractivity contribution in [3.05, 3.63) is 34.9 Å². The van der Waals surface area contributed by atoms with Crippen molar-refractivity contribution >= 4 is 56.4 Å². The molecule has 5 heteroatoms. The van der Waals surface area contributed by atoms with Gasteiger partial charge in [-0.25, -0.2) is 0 Å². The third kappa shape index (κ3) is 2.56. The lowest BCUT2D eigenvalue weighted by Crippen LogP contribution is -2.23. The molecular formula is C11H9BrCl3N. The van der Waals surface area contributed by atoms with E-state index in [1.165, 1.54) is 0 Å². The van der Waals surface area contributed by atoms with E-state index in [1.807, 2.05) is 24.3 Å². The second-order valence-corrected chi connectivity index (χ2v) is 6.27. The van der Waals surface area contributed by atoms with Gasteiger partial charge in [0.15, 0.2) is 4.33 Å². The van der Waals surface area contributed by atoms with E-state index in [0.717, 1.165) is 16.6 Å². The maximum atomic E-state index is 6.26. The quantitative estimate of drug-likeness (QED) is 0.704. The molecule has 0 fully saturated rings. The van der Waals surface area contributed by atoms with E-state index in [9.17, 15) is 0 Å². The number of halogens is 4. The summed E-state index contributed by atoms with van der Waals surface area (Å²) >= 11 is 21.8. The molecule has 0 spiro atoms. The normalized spacial score (nSPS) is 23.2. The van der Waals surface area contributed by atoms with Crippen LogP contribution in [0.4, 0.5) is 0 Å². The Morgan fingerprint density at radius 1 is 1.31 bits per heavy atom. The van der Waals surface area contributed by atoms with Crippen LogP contribution in [0.25, 0.3) is 0 Å². The van der Waals surface area contributed by atoms with Crippen LogP contribution in [0, 0.1) is 0 Å². The molecule has 0 N–H and O–H groups in total. The van der Waals surface area contributed by atoms with Gasteiger partial charge >= 0.3 is 0 Å². The number of rotatable bonds is 2. The van der Waals surface area contributed by atoms with E-state index < -0.39 is 4.33 Å². The number of benzene rings is 1. The molecule has 0 saturated carbocycles. The summed E-state index contributed by atoms with van der Waals surface area (Å²) in [7, 11) is 0. The van der Waals surface area contributed by atoms with Crippen LogP contribution in [0.15, 0.2) is 29.3 Å². The van der Waals surface area contributed by atoms with Crippen LogP contribution >= 0.6 is 50.7 Å². The van der Waals surface area contributed by atoms with Crippen LogP contribution in [0.2, 0.25) is 5.02 Å². The number of nitrogens with zero attached hydrogens (tertiary/aromatic N) is 1. The number of alkyl halides is 3. The van der Waals surface area contributed by atoms with E-state index in [-0.39, 0.29) is 6.04 Å². The van der Waals surface area contributed by atoms with E-state index in [0.29, 0.717) is 11.4 Å². The highest BCUT2D eigenvalue weighted by Crippen LogP contribution is 2.38. The Morgan fingerprint density at radius 2 is 1.94 bits per heavy atom. The maximum absolute atomic E-state index is 6.26. The fourth-order valence-corrected chi connectivity index (χ4v) is 2.87. The fourth-order valence-electron chi connectivity index (χ4n) is 1.70. The Labute approximate surface area is 118 Å². The van der Waals surface area contributed by atoms with Crippen molar-refractivity contribution in [3.8, 4) is 0 Å². The highest BCUT2D eigenvalue weighted by molar-refractivity contribution is 9.09. The minimum absolute atomic E-state index is 0.140. The topological polar surface area (TPSA) is 12.4 Å². The zero-order chi connectivity index (χ0) is 11.8. The molecule has 0 bridgehead atoms. The van der Waals surface area contributed by atoms with Gasteiger partial charge in [-0.05, 0) is 17.7 Å². The summed E-state index contributed by atoms with van der Waals surface area (Å²) in [6, 6.07) is 7.53. The zero-order valence-electron chi connectivity index (χ0n) is 8.26. The summed E-state index contributed by atoms with van der Waals surface area (Å²) in [5.41, 5.74) is 1.66. The van der Waals surface area contributed by atoms with Gasteiger partial charge in [0, 0.05) is 16.8 Å². The Kier molecular flexibility index (Phi) is 3.85. The first kappa shape index (κ1) is 12.7. The van der Waals surface area contributed by atoms with Gasteiger partial charge < -0.3 is 0 Å². The van der Waals surface area contributed by atoms with Gasteiger partial charge in [-0.15, -0.1) is 0 Å². The molecule has 16 heavy (non-hydrogen) atoms. The van der Waals surface area contributed by atoms with Crippen LogP contribution < -0.4 is 0 Å². The molecule has 0 amide bonds. The SMILES string of the molecule is Clc1ccc(C2=NC(CBr)CC2(Cl)Cl)cc1. The van der Waals surface area contributed by atoms with Gasteiger partial charge in [-0.1, -0.05) is 62.9 Å². The molecule has 1 unspecified atom stereocenters. The largest absolute Gasteiger partial charge is 0.282 e. The predicted molar refractivity (Wildman–Crippen MR) is 74.6 cm³/mol. The smallest absolute Gasteiger partial charge is 0.162 e. The molecule has 1 nitrogen and oxygen atoms in total. The van der Waals surface area contributed by atoms with E-state index in [2.05, 4.69) is 20.9 Å². The second kappa shape index (κ2) is 4.85. The lowest BCUT2D eigenvalue weighted by Gasteiger charge is -2.15. The molecule has 0 aromatic heterocycles. The van der Waals surface area contributed by atoms with E-state index in [1.54, 1.807) is 0 Å². The molecule has 0 saturated heterocycles.